The Morgan fingerprint density at radius 1 is 1.26 bits per heavy atom. The van der Waals surface area contributed by atoms with Crippen LogP contribution in [0.4, 0.5) is 0 Å². The number of nitrogens with one attached hydrogen (secondary N) is 1. The Hall–Kier alpha value is -0.930. The third-order valence-corrected chi connectivity index (χ3v) is 4.11. The largest absolute Gasteiger partial charge is 0.347 e. The molecule has 0 radical (unpaired) electrons. The molecule has 2 aromatic rings. The van der Waals surface area contributed by atoms with Crippen LogP contribution >= 0.6 is 11.8 Å². The summed E-state index contributed by atoms with van der Waals surface area (Å²) >= 11 is 2.00. The number of fused-ring (bicyclic) bond motifs is 1. The number of aryl methyl sites for hydroxylation is 1. The van der Waals surface area contributed by atoms with Gasteiger partial charge < -0.3 is 9.88 Å². The number of rotatable bonds is 7. The summed E-state index contributed by atoms with van der Waals surface area (Å²) < 4.78 is 2.36. The van der Waals surface area contributed by atoms with Gasteiger partial charge >= 0.3 is 0 Å². The van der Waals surface area contributed by atoms with E-state index in [4.69, 9.17) is 0 Å². The van der Waals surface area contributed by atoms with Gasteiger partial charge in [-0.1, -0.05) is 26.8 Å². The summed E-state index contributed by atoms with van der Waals surface area (Å²) in [5, 5.41) is 4.82. The molecule has 1 heterocycles. The maximum atomic E-state index is 3.47. The molecule has 0 unspecified atom stereocenters. The van der Waals surface area contributed by atoms with E-state index in [2.05, 4.69) is 61.1 Å². The van der Waals surface area contributed by atoms with E-state index in [1.165, 1.54) is 28.0 Å². The Kier molecular flexibility index (Phi) is 5.34. The molecular formula is C16H24N2S. The maximum absolute atomic E-state index is 3.47. The summed E-state index contributed by atoms with van der Waals surface area (Å²) in [7, 11) is 0. The first-order valence-electron chi connectivity index (χ1n) is 7.09. The molecule has 0 aliphatic heterocycles. The Bertz CT molecular complexity index is 516. The zero-order valence-corrected chi connectivity index (χ0v) is 13.0. The van der Waals surface area contributed by atoms with Gasteiger partial charge in [0.2, 0.25) is 0 Å². The lowest BCUT2D eigenvalue weighted by molar-refractivity contribution is 0.589. The molecule has 0 saturated heterocycles. The number of aromatic nitrogens is 1. The van der Waals surface area contributed by atoms with Crippen molar-refractivity contribution in [2.24, 2.45) is 0 Å². The van der Waals surface area contributed by atoms with Crippen LogP contribution in [0.2, 0.25) is 0 Å². The first kappa shape index (κ1) is 14.5. The lowest BCUT2D eigenvalue weighted by atomic mass is 10.1. The monoisotopic (exact) mass is 276 g/mol. The van der Waals surface area contributed by atoms with E-state index in [0.717, 1.165) is 13.1 Å². The quantitative estimate of drug-likeness (QED) is 0.773. The van der Waals surface area contributed by atoms with E-state index < -0.39 is 0 Å². The van der Waals surface area contributed by atoms with Gasteiger partial charge in [-0.2, -0.15) is 11.8 Å². The Labute approximate surface area is 120 Å². The number of hydrogen-bond acceptors (Lipinski definition) is 2. The van der Waals surface area contributed by atoms with Gasteiger partial charge in [-0.3, -0.25) is 0 Å². The Morgan fingerprint density at radius 2 is 2.11 bits per heavy atom. The van der Waals surface area contributed by atoms with Gasteiger partial charge in [-0.15, -0.1) is 0 Å². The van der Waals surface area contributed by atoms with Crippen LogP contribution in [-0.4, -0.2) is 22.1 Å². The van der Waals surface area contributed by atoms with Crippen LogP contribution < -0.4 is 5.32 Å². The van der Waals surface area contributed by atoms with Gasteiger partial charge in [0.1, 0.15) is 0 Å². The normalized spacial score (nSPS) is 11.6. The summed E-state index contributed by atoms with van der Waals surface area (Å²) in [5.41, 5.74) is 2.71. The Morgan fingerprint density at radius 3 is 2.84 bits per heavy atom. The fraction of sp³-hybridized carbons (Fsp3) is 0.500. The molecule has 0 bridgehead atoms. The van der Waals surface area contributed by atoms with Gasteiger partial charge in [0.15, 0.2) is 0 Å². The van der Waals surface area contributed by atoms with Crippen LogP contribution in [0.15, 0.2) is 30.5 Å². The van der Waals surface area contributed by atoms with Crippen LogP contribution in [-0.2, 0) is 13.1 Å². The zero-order valence-electron chi connectivity index (χ0n) is 12.1. The first-order valence-corrected chi connectivity index (χ1v) is 8.25. The molecule has 0 amide bonds. The summed E-state index contributed by atoms with van der Waals surface area (Å²) in [4.78, 5) is 0. The molecule has 2 nitrogen and oxygen atoms in total. The van der Waals surface area contributed by atoms with Gasteiger partial charge in [-0.25, -0.2) is 0 Å². The van der Waals surface area contributed by atoms with Crippen molar-refractivity contribution in [3.8, 4) is 0 Å². The highest BCUT2D eigenvalue weighted by Gasteiger charge is 2.02. The predicted octanol–water partition coefficient (Wildman–Crippen LogP) is 3.89. The van der Waals surface area contributed by atoms with Crippen LogP contribution in [0.25, 0.3) is 10.9 Å². The molecule has 1 N–H and O–H groups in total. The van der Waals surface area contributed by atoms with Gasteiger partial charge in [0.05, 0.1) is 0 Å². The lowest BCUT2D eigenvalue weighted by Gasteiger charge is -2.09. The lowest BCUT2D eigenvalue weighted by Crippen LogP contribution is -2.21. The van der Waals surface area contributed by atoms with Crippen LogP contribution in [0.3, 0.4) is 0 Å². The highest BCUT2D eigenvalue weighted by atomic mass is 32.2. The highest BCUT2D eigenvalue weighted by Crippen LogP contribution is 2.18. The fourth-order valence-electron chi connectivity index (χ4n) is 2.18. The van der Waals surface area contributed by atoms with E-state index in [0.29, 0.717) is 6.04 Å². The molecule has 1 aromatic carbocycles. The van der Waals surface area contributed by atoms with Gasteiger partial charge in [0.25, 0.3) is 0 Å². The first-order chi connectivity index (χ1) is 9.20. The zero-order chi connectivity index (χ0) is 13.7. The Balaban J connectivity index is 2.08. The number of nitrogens with zero attached hydrogens (tertiary/aromatic N) is 1. The number of thioether (sulfide) groups is 1. The highest BCUT2D eigenvalue weighted by molar-refractivity contribution is 7.99. The SMILES string of the molecule is CCSCCn1ccc2cc(CNC(C)C)ccc21. The summed E-state index contributed by atoms with van der Waals surface area (Å²) in [6.07, 6.45) is 2.21. The van der Waals surface area contributed by atoms with Crippen LogP contribution in [0.5, 0.6) is 0 Å². The van der Waals surface area contributed by atoms with Crippen molar-refractivity contribution in [3.63, 3.8) is 0 Å². The third kappa shape index (κ3) is 4.02. The minimum absolute atomic E-state index is 0.534. The molecule has 0 aliphatic carbocycles. The molecule has 104 valence electrons. The molecule has 1 aromatic heterocycles. The third-order valence-electron chi connectivity index (χ3n) is 3.23. The molecule has 19 heavy (non-hydrogen) atoms. The molecule has 0 spiro atoms. The standard InChI is InChI=1S/C16H24N2S/c1-4-19-10-9-18-8-7-15-11-14(5-6-16(15)18)12-17-13(2)3/h5-8,11,13,17H,4,9-10,12H2,1-3H3. The van der Waals surface area contributed by atoms with Crippen molar-refractivity contribution < 1.29 is 0 Å². The van der Waals surface area contributed by atoms with E-state index in [1.807, 2.05) is 11.8 Å². The fourth-order valence-corrected chi connectivity index (χ4v) is 2.80. The molecule has 0 atom stereocenters. The minimum atomic E-state index is 0.534. The minimum Gasteiger partial charge on any atom is -0.347 e. The molecule has 2 rings (SSSR count). The average Bonchev–Trinajstić information content (AvgIpc) is 2.79. The predicted molar refractivity (Wildman–Crippen MR) is 86.9 cm³/mol. The molecule has 3 heteroatoms. The van der Waals surface area contributed by atoms with E-state index in [9.17, 15) is 0 Å². The van der Waals surface area contributed by atoms with E-state index in [1.54, 1.807) is 0 Å². The average molecular weight is 276 g/mol. The molecule has 0 saturated carbocycles. The summed E-state index contributed by atoms with van der Waals surface area (Å²) in [6, 6.07) is 9.55. The van der Waals surface area contributed by atoms with Crippen LogP contribution in [0.1, 0.15) is 26.3 Å². The van der Waals surface area contributed by atoms with Crippen molar-refractivity contribution in [2.45, 2.75) is 39.9 Å². The van der Waals surface area contributed by atoms with Crippen molar-refractivity contribution >= 4 is 22.7 Å². The topological polar surface area (TPSA) is 17.0 Å². The van der Waals surface area contributed by atoms with Crippen LogP contribution in [0, 0.1) is 0 Å². The van der Waals surface area contributed by atoms with Crippen molar-refractivity contribution in [1.29, 1.82) is 0 Å². The molecular weight excluding hydrogens is 252 g/mol. The number of hydrogen-bond donors (Lipinski definition) is 1. The van der Waals surface area contributed by atoms with Crippen molar-refractivity contribution in [2.75, 3.05) is 11.5 Å². The van der Waals surface area contributed by atoms with Gasteiger partial charge in [0, 0.05) is 36.6 Å². The molecule has 0 aliphatic rings. The second kappa shape index (κ2) is 7.01. The number of benzene rings is 1. The van der Waals surface area contributed by atoms with E-state index >= 15 is 0 Å². The van der Waals surface area contributed by atoms with E-state index in [-0.39, 0.29) is 0 Å². The smallest absolute Gasteiger partial charge is 0.0480 e. The summed E-state index contributed by atoms with van der Waals surface area (Å²) in [6.45, 7) is 8.63. The summed E-state index contributed by atoms with van der Waals surface area (Å²) in [5.74, 6) is 2.39. The maximum Gasteiger partial charge on any atom is 0.0480 e. The van der Waals surface area contributed by atoms with Crippen molar-refractivity contribution in [1.82, 2.24) is 9.88 Å². The van der Waals surface area contributed by atoms with Gasteiger partial charge in [-0.05, 0) is 34.9 Å². The second-order valence-corrected chi connectivity index (χ2v) is 6.53. The second-order valence-electron chi connectivity index (χ2n) is 5.13. The van der Waals surface area contributed by atoms with Crippen molar-refractivity contribution in [3.05, 3.63) is 36.0 Å². The molecule has 0 fully saturated rings.